The molecule has 2 unspecified atom stereocenters. The third-order valence-corrected chi connectivity index (χ3v) is 7.70. The first-order valence-corrected chi connectivity index (χ1v) is 12.9. The van der Waals surface area contributed by atoms with E-state index < -0.39 is 0 Å². The van der Waals surface area contributed by atoms with E-state index in [0.29, 0.717) is 12.0 Å². The van der Waals surface area contributed by atoms with Crippen LogP contribution in [0.25, 0.3) is 0 Å². The summed E-state index contributed by atoms with van der Waals surface area (Å²) < 4.78 is 6.23. The zero-order chi connectivity index (χ0) is 22.5. The SMILES string of the molecule is O=C(NC(c1ccccn1)C1CCCN(Cc2cccc(OC3CCCC3)c2)C1)C1CCC1. The van der Waals surface area contributed by atoms with Crippen LogP contribution in [0.3, 0.4) is 0 Å². The maximum Gasteiger partial charge on any atom is 0.223 e. The van der Waals surface area contributed by atoms with Crippen molar-refractivity contribution in [3.05, 3.63) is 59.9 Å². The predicted molar refractivity (Wildman–Crippen MR) is 130 cm³/mol. The van der Waals surface area contributed by atoms with E-state index in [0.717, 1.165) is 56.8 Å². The Balaban J connectivity index is 1.25. The van der Waals surface area contributed by atoms with Crippen molar-refractivity contribution < 1.29 is 9.53 Å². The van der Waals surface area contributed by atoms with Crippen molar-refractivity contribution in [2.45, 2.75) is 76.5 Å². The molecule has 1 aliphatic heterocycles. The number of hydrogen-bond donors (Lipinski definition) is 1. The number of pyridine rings is 1. The fourth-order valence-corrected chi connectivity index (χ4v) is 5.62. The predicted octanol–water partition coefficient (Wildman–Crippen LogP) is 5.27. The van der Waals surface area contributed by atoms with Crippen molar-refractivity contribution in [3.63, 3.8) is 0 Å². The van der Waals surface area contributed by atoms with Gasteiger partial charge in [0.15, 0.2) is 0 Å². The topological polar surface area (TPSA) is 54.5 Å². The Morgan fingerprint density at radius 1 is 1.03 bits per heavy atom. The van der Waals surface area contributed by atoms with Crippen LogP contribution in [0.2, 0.25) is 0 Å². The van der Waals surface area contributed by atoms with Crippen molar-refractivity contribution in [2.24, 2.45) is 11.8 Å². The number of benzene rings is 1. The normalized spacial score (nSPS) is 23.1. The molecule has 1 aromatic heterocycles. The molecule has 3 fully saturated rings. The third-order valence-electron chi connectivity index (χ3n) is 7.70. The summed E-state index contributed by atoms with van der Waals surface area (Å²) in [5, 5.41) is 3.39. The summed E-state index contributed by atoms with van der Waals surface area (Å²) in [5.41, 5.74) is 2.29. The number of nitrogens with one attached hydrogen (secondary N) is 1. The number of piperidine rings is 1. The second kappa shape index (κ2) is 10.7. The number of likely N-dealkylation sites (tertiary alicyclic amines) is 1. The van der Waals surface area contributed by atoms with E-state index in [9.17, 15) is 4.79 Å². The van der Waals surface area contributed by atoms with Crippen molar-refractivity contribution >= 4 is 5.91 Å². The van der Waals surface area contributed by atoms with Crippen LogP contribution in [0, 0.1) is 11.8 Å². The molecule has 1 amide bonds. The van der Waals surface area contributed by atoms with Gasteiger partial charge in [-0.1, -0.05) is 24.6 Å². The Morgan fingerprint density at radius 2 is 1.91 bits per heavy atom. The second-order valence-electron chi connectivity index (χ2n) is 10.2. The lowest BCUT2D eigenvalue weighted by molar-refractivity contribution is -0.128. The van der Waals surface area contributed by atoms with E-state index in [1.165, 1.54) is 37.7 Å². The number of ether oxygens (including phenoxy) is 1. The minimum absolute atomic E-state index is 0.0147. The van der Waals surface area contributed by atoms with Gasteiger partial charge in [-0.3, -0.25) is 14.7 Å². The van der Waals surface area contributed by atoms with Crippen molar-refractivity contribution in [1.29, 1.82) is 0 Å². The van der Waals surface area contributed by atoms with Gasteiger partial charge in [-0.2, -0.15) is 0 Å². The molecular weight excluding hydrogens is 410 g/mol. The lowest BCUT2D eigenvalue weighted by atomic mass is 9.83. The van der Waals surface area contributed by atoms with Crippen LogP contribution in [-0.4, -0.2) is 35.0 Å². The molecule has 1 aromatic carbocycles. The fraction of sp³-hybridized carbons (Fsp3) is 0.571. The van der Waals surface area contributed by atoms with E-state index in [4.69, 9.17) is 4.74 Å². The van der Waals surface area contributed by atoms with Gasteiger partial charge in [0, 0.05) is 25.2 Å². The molecule has 0 spiro atoms. The minimum atomic E-state index is -0.0147. The first kappa shape index (κ1) is 22.4. The van der Waals surface area contributed by atoms with Crippen molar-refractivity contribution in [1.82, 2.24) is 15.2 Å². The third kappa shape index (κ3) is 5.75. The summed E-state index contributed by atoms with van der Waals surface area (Å²) in [6.45, 7) is 2.99. The number of amides is 1. The lowest BCUT2D eigenvalue weighted by Gasteiger charge is -2.38. The monoisotopic (exact) mass is 447 g/mol. The molecule has 0 bridgehead atoms. The number of nitrogens with zero attached hydrogens (tertiary/aromatic N) is 2. The molecule has 0 radical (unpaired) electrons. The van der Waals surface area contributed by atoms with Gasteiger partial charge in [-0.05, 0) is 93.7 Å². The Bertz CT molecular complexity index is 908. The highest BCUT2D eigenvalue weighted by molar-refractivity contribution is 5.79. The second-order valence-corrected chi connectivity index (χ2v) is 10.2. The van der Waals surface area contributed by atoms with Gasteiger partial charge in [-0.15, -0.1) is 0 Å². The van der Waals surface area contributed by atoms with Gasteiger partial charge in [-0.25, -0.2) is 0 Å². The van der Waals surface area contributed by atoms with Gasteiger partial charge < -0.3 is 10.1 Å². The maximum absolute atomic E-state index is 12.8. The van der Waals surface area contributed by atoms with Gasteiger partial charge in [0.25, 0.3) is 0 Å². The molecule has 2 heterocycles. The summed E-state index contributed by atoms with van der Waals surface area (Å²) in [7, 11) is 0. The van der Waals surface area contributed by atoms with E-state index in [-0.39, 0.29) is 17.9 Å². The number of carbonyl (C=O) groups excluding carboxylic acids is 1. The summed E-state index contributed by atoms with van der Waals surface area (Å²) in [6, 6.07) is 14.7. The Morgan fingerprint density at radius 3 is 2.67 bits per heavy atom. The van der Waals surface area contributed by atoms with E-state index in [1.807, 2.05) is 18.3 Å². The van der Waals surface area contributed by atoms with Crippen LogP contribution in [0.1, 0.15) is 75.1 Å². The standard InChI is InChI=1S/C28H37N3O2/c32-28(22-9-6-10-22)30-27(26-15-3-4-16-29-26)23-11-7-17-31(20-23)19-21-8-5-14-25(18-21)33-24-12-1-2-13-24/h3-5,8,14-16,18,22-24,27H,1-2,6-7,9-13,17,19-20H2,(H,30,32). The minimum Gasteiger partial charge on any atom is -0.490 e. The number of hydrogen-bond acceptors (Lipinski definition) is 4. The molecule has 5 nitrogen and oxygen atoms in total. The largest absolute Gasteiger partial charge is 0.490 e. The van der Waals surface area contributed by atoms with Crippen molar-refractivity contribution in [3.8, 4) is 5.75 Å². The number of carbonyl (C=O) groups is 1. The van der Waals surface area contributed by atoms with Gasteiger partial charge in [0.1, 0.15) is 5.75 Å². The van der Waals surface area contributed by atoms with Crippen LogP contribution in [0.4, 0.5) is 0 Å². The molecule has 2 saturated carbocycles. The molecule has 2 aromatic rings. The molecule has 1 N–H and O–H groups in total. The number of aromatic nitrogens is 1. The van der Waals surface area contributed by atoms with Crippen LogP contribution in [0.5, 0.6) is 5.75 Å². The lowest BCUT2D eigenvalue weighted by Crippen LogP contribution is -2.45. The molecule has 5 heteroatoms. The highest BCUT2D eigenvalue weighted by Gasteiger charge is 2.33. The average molecular weight is 448 g/mol. The Hall–Kier alpha value is -2.40. The van der Waals surface area contributed by atoms with Gasteiger partial charge in [0.2, 0.25) is 5.91 Å². The molecule has 33 heavy (non-hydrogen) atoms. The molecule has 1 saturated heterocycles. The van der Waals surface area contributed by atoms with Crippen LogP contribution in [-0.2, 0) is 11.3 Å². The summed E-state index contributed by atoms with van der Waals surface area (Å²) in [4.78, 5) is 20.0. The molecule has 176 valence electrons. The number of rotatable bonds is 8. The van der Waals surface area contributed by atoms with Gasteiger partial charge in [0.05, 0.1) is 17.8 Å². The molecule has 5 rings (SSSR count). The molecule has 2 aliphatic carbocycles. The first-order chi connectivity index (χ1) is 16.2. The highest BCUT2D eigenvalue weighted by Crippen LogP contribution is 2.33. The highest BCUT2D eigenvalue weighted by atomic mass is 16.5. The van der Waals surface area contributed by atoms with Crippen molar-refractivity contribution in [2.75, 3.05) is 13.1 Å². The van der Waals surface area contributed by atoms with Gasteiger partial charge >= 0.3 is 0 Å². The quantitative estimate of drug-likeness (QED) is 0.599. The zero-order valence-corrected chi connectivity index (χ0v) is 19.6. The zero-order valence-electron chi connectivity index (χ0n) is 19.6. The van der Waals surface area contributed by atoms with E-state index in [2.05, 4.69) is 45.5 Å². The summed E-state index contributed by atoms with van der Waals surface area (Å²) >= 11 is 0. The molecular formula is C28H37N3O2. The van der Waals surface area contributed by atoms with E-state index >= 15 is 0 Å². The molecule has 2 atom stereocenters. The Kier molecular flexibility index (Phi) is 7.25. The average Bonchev–Trinajstić information content (AvgIpc) is 3.30. The Labute approximate surface area is 197 Å². The maximum atomic E-state index is 12.8. The first-order valence-electron chi connectivity index (χ1n) is 12.9. The van der Waals surface area contributed by atoms with Crippen LogP contribution >= 0.6 is 0 Å². The van der Waals surface area contributed by atoms with Crippen LogP contribution < -0.4 is 10.1 Å². The summed E-state index contributed by atoms with van der Waals surface area (Å²) in [5.74, 6) is 1.78. The van der Waals surface area contributed by atoms with Crippen LogP contribution in [0.15, 0.2) is 48.7 Å². The van der Waals surface area contributed by atoms with E-state index in [1.54, 1.807) is 0 Å². The fourth-order valence-electron chi connectivity index (χ4n) is 5.62. The molecule has 3 aliphatic rings. The smallest absolute Gasteiger partial charge is 0.223 e. The summed E-state index contributed by atoms with van der Waals surface area (Å²) in [6.07, 6.45) is 12.6.